The smallest absolute Gasteiger partial charge is 0.143 e. The number of aromatic nitrogens is 3. The number of nitriles is 1. The molecule has 25 heavy (non-hydrogen) atoms. The molecule has 2 aromatic heterocycles. The number of anilines is 1. The molecule has 0 spiro atoms. The van der Waals surface area contributed by atoms with Gasteiger partial charge in [-0.3, -0.25) is 0 Å². The number of benzene rings is 1. The van der Waals surface area contributed by atoms with Gasteiger partial charge < -0.3 is 9.88 Å². The van der Waals surface area contributed by atoms with Crippen molar-refractivity contribution in [1.29, 1.82) is 5.26 Å². The Labute approximate surface area is 145 Å². The van der Waals surface area contributed by atoms with Gasteiger partial charge in [0.2, 0.25) is 0 Å². The molecule has 0 bridgehead atoms. The molecule has 2 fully saturated rings. The molecule has 2 unspecified atom stereocenters. The number of nitrogens with zero attached hydrogens (tertiary/aromatic N) is 4. The van der Waals surface area contributed by atoms with Crippen molar-refractivity contribution in [3.63, 3.8) is 0 Å². The summed E-state index contributed by atoms with van der Waals surface area (Å²) in [5.41, 5.74) is 3.47. The molecule has 1 saturated heterocycles. The van der Waals surface area contributed by atoms with E-state index in [1.54, 1.807) is 12.4 Å². The third-order valence-electron chi connectivity index (χ3n) is 5.49. The molecule has 2 atom stereocenters. The number of terminal acetylenes is 1. The molecule has 1 aliphatic carbocycles. The predicted molar refractivity (Wildman–Crippen MR) is 95.6 cm³/mol. The first kappa shape index (κ1) is 14.1. The molecule has 1 saturated carbocycles. The zero-order chi connectivity index (χ0) is 17.0. The number of H-pyrrole nitrogens is 1. The molecule has 2 aliphatic rings. The summed E-state index contributed by atoms with van der Waals surface area (Å²) in [5, 5.41) is 10.2. The third kappa shape index (κ3) is 1.96. The largest absolute Gasteiger partial charge is 0.354 e. The Morgan fingerprint density at radius 2 is 2.28 bits per heavy atom. The van der Waals surface area contributed by atoms with Gasteiger partial charge in [0.1, 0.15) is 17.8 Å². The maximum Gasteiger partial charge on any atom is 0.143 e. The van der Waals surface area contributed by atoms with Gasteiger partial charge in [-0.2, -0.15) is 5.26 Å². The highest BCUT2D eigenvalue weighted by Crippen LogP contribution is 2.58. The lowest BCUT2D eigenvalue weighted by molar-refractivity contribution is 0.705. The van der Waals surface area contributed by atoms with E-state index >= 15 is 0 Å². The van der Waals surface area contributed by atoms with Crippen LogP contribution in [0.3, 0.4) is 0 Å². The van der Waals surface area contributed by atoms with Crippen LogP contribution in [0.5, 0.6) is 0 Å². The van der Waals surface area contributed by atoms with Crippen LogP contribution >= 0.6 is 0 Å². The van der Waals surface area contributed by atoms with E-state index < -0.39 is 0 Å². The van der Waals surface area contributed by atoms with E-state index in [4.69, 9.17) is 6.42 Å². The number of aromatic amines is 1. The van der Waals surface area contributed by atoms with Crippen LogP contribution in [-0.4, -0.2) is 28.0 Å². The Hall–Kier alpha value is -3.31. The van der Waals surface area contributed by atoms with E-state index in [0.717, 1.165) is 47.5 Å². The zero-order valence-electron chi connectivity index (χ0n) is 13.5. The quantitative estimate of drug-likeness (QED) is 0.736. The van der Waals surface area contributed by atoms with E-state index in [9.17, 15) is 5.26 Å². The van der Waals surface area contributed by atoms with Crippen molar-refractivity contribution in [3.8, 4) is 29.5 Å². The maximum absolute atomic E-state index is 9.18. The molecular weight excluding hydrogens is 310 g/mol. The summed E-state index contributed by atoms with van der Waals surface area (Å²) in [6.45, 7) is 1.79. The number of piperidine rings is 1. The molecule has 0 amide bonds. The second-order valence-electron chi connectivity index (χ2n) is 6.90. The van der Waals surface area contributed by atoms with Crippen molar-refractivity contribution in [2.24, 2.45) is 11.3 Å². The van der Waals surface area contributed by atoms with Crippen molar-refractivity contribution >= 4 is 16.9 Å². The van der Waals surface area contributed by atoms with Gasteiger partial charge in [-0.1, -0.05) is 18.1 Å². The van der Waals surface area contributed by atoms with Crippen LogP contribution in [0.25, 0.3) is 22.2 Å². The highest BCUT2D eigenvalue weighted by Gasteiger charge is 2.59. The summed E-state index contributed by atoms with van der Waals surface area (Å²) < 4.78 is 0. The monoisotopic (exact) mass is 325 g/mol. The van der Waals surface area contributed by atoms with E-state index in [1.165, 1.54) is 0 Å². The number of hydrogen-bond donors (Lipinski definition) is 1. The van der Waals surface area contributed by atoms with Gasteiger partial charge in [0, 0.05) is 24.8 Å². The molecule has 120 valence electrons. The first-order valence-electron chi connectivity index (χ1n) is 8.29. The SMILES string of the molecule is C#CC12CC1CN(c1ncnc3[nH]cc(-c4cccc(C#N)c4)c13)C2. The van der Waals surface area contributed by atoms with E-state index in [0.29, 0.717) is 11.5 Å². The lowest BCUT2D eigenvalue weighted by Crippen LogP contribution is -2.25. The molecule has 1 aliphatic heterocycles. The topological polar surface area (TPSA) is 68.6 Å². The van der Waals surface area contributed by atoms with Crippen molar-refractivity contribution < 1.29 is 0 Å². The van der Waals surface area contributed by atoms with Crippen LogP contribution in [0, 0.1) is 35.0 Å². The molecule has 0 radical (unpaired) electrons. The number of hydrogen-bond acceptors (Lipinski definition) is 4. The lowest BCUT2D eigenvalue weighted by atomic mass is 10.0. The van der Waals surface area contributed by atoms with Gasteiger partial charge in [0.25, 0.3) is 0 Å². The minimum Gasteiger partial charge on any atom is -0.354 e. The Bertz CT molecular complexity index is 1080. The Morgan fingerprint density at radius 1 is 1.36 bits per heavy atom. The molecular formula is C20H15N5. The van der Waals surface area contributed by atoms with Crippen molar-refractivity contribution in [3.05, 3.63) is 42.4 Å². The average molecular weight is 325 g/mol. The average Bonchev–Trinajstić information content (AvgIpc) is 3.02. The summed E-state index contributed by atoms with van der Waals surface area (Å²) in [5.74, 6) is 4.49. The number of rotatable bonds is 2. The first-order valence-corrected chi connectivity index (χ1v) is 8.29. The highest BCUT2D eigenvalue weighted by atomic mass is 15.2. The van der Waals surface area contributed by atoms with Crippen LogP contribution in [0.4, 0.5) is 5.82 Å². The van der Waals surface area contributed by atoms with E-state index in [2.05, 4.69) is 31.8 Å². The van der Waals surface area contributed by atoms with Crippen LogP contribution in [0.2, 0.25) is 0 Å². The maximum atomic E-state index is 9.18. The van der Waals surface area contributed by atoms with E-state index in [1.807, 2.05) is 24.4 Å². The van der Waals surface area contributed by atoms with Gasteiger partial charge in [-0.05, 0) is 30.0 Å². The minimum absolute atomic E-state index is 0.0362. The van der Waals surface area contributed by atoms with Gasteiger partial charge in [0.15, 0.2) is 0 Å². The van der Waals surface area contributed by atoms with Crippen molar-refractivity contribution in [2.75, 3.05) is 18.0 Å². The standard InChI is InChI=1S/C20H15N5/c1-2-20-7-15(20)10-25(11-20)19-17-16(9-22-18(17)23-12-24-19)14-5-3-4-13(6-14)8-21/h1,3-6,9,12,15H,7,10-11H2,(H,22,23,24). The summed E-state index contributed by atoms with van der Waals surface area (Å²) in [6.07, 6.45) is 10.4. The first-order chi connectivity index (χ1) is 12.2. The molecule has 3 heterocycles. The van der Waals surface area contributed by atoms with Gasteiger partial charge in [-0.15, -0.1) is 6.42 Å². The lowest BCUT2D eigenvalue weighted by Gasteiger charge is -2.21. The highest BCUT2D eigenvalue weighted by molar-refractivity contribution is 6.01. The minimum atomic E-state index is 0.0362. The Balaban J connectivity index is 1.65. The van der Waals surface area contributed by atoms with Crippen LogP contribution in [0.15, 0.2) is 36.8 Å². The molecule has 5 heteroatoms. The molecule has 1 N–H and O–H groups in total. The van der Waals surface area contributed by atoms with Crippen LogP contribution in [0.1, 0.15) is 12.0 Å². The van der Waals surface area contributed by atoms with Gasteiger partial charge >= 0.3 is 0 Å². The summed E-state index contributed by atoms with van der Waals surface area (Å²) in [7, 11) is 0. The third-order valence-corrected chi connectivity index (χ3v) is 5.49. The Kier molecular flexibility index (Phi) is 2.73. The second kappa shape index (κ2) is 4.84. The van der Waals surface area contributed by atoms with Gasteiger partial charge in [-0.25, -0.2) is 9.97 Å². The molecule has 3 aromatic rings. The molecule has 1 aromatic carbocycles. The van der Waals surface area contributed by atoms with E-state index in [-0.39, 0.29) is 5.41 Å². The zero-order valence-corrected chi connectivity index (χ0v) is 13.5. The fourth-order valence-electron chi connectivity index (χ4n) is 4.04. The Morgan fingerprint density at radius 3 is 3.08 bits per heavy atom. The number of fused-ring (bicyclic) bond motifs is 2. The predicted octanol–water partition coefficient (Wildman–Crippen LogP) is 2.96. The number of nitrogens with one attached hydrogen (secondary N) is 1. The molecule has 5 nitrogen and oxygen atoms in total. The fourth-order valence-corrected chi connectivity index (χ4v) is 4.04. The fraction of sp³-hybridized carbons (Fsp3) is 0.250. The normalized spacial score (nSPS) is 23.9. The van der Waals surface area contributed by atoms with Crippen LogP contribution in [-0.2, 0) is 0 Å². The van der Waals surface area contributed by atoms with Crippen LogP contribution < -0.4 is 4.90 Å². The summed E-state index contributed by atoms with van der Waals surface area (Å²) in [4.78, 5) is 14.5. The van der Waals surface area contributed by atoms with Crippen molar-refractivity contribution in [1.82, 2.24) is 15.0 Å². The van der Waals surface area contributed by atoms with Gasteiger partial charge in [0.05, 0.1) is 22.4 Å². The van der Waals surface area contributed by atoms with Crippen molar-refractivity contribution in [2.45, 2.75) is 6.42 Å². The summed E-state index contributed by atoms with van der Waals surface area (Å²) in [6, 6.07) is 9.80. The summed E-state index contributed by atoms with van der Waals surface area (Å²) >= 11 is 0. The molecule has 5 rings (SSSR count). The second-order valence-corrected chi connectivity index (χ2v) is 6.90.